The molecular weight excluding hydrogens is 302 g/mol. The minimum Gasteiger partial charge on any atom is -0.366 e. The first-order chi connectivity index (χ1) is 9.79. The summed E-state index contributed by atoms with van der Waals surface area (Å²) in [4.78, 5) is 10.8. The number of amides is 1. The average Bonchev–Trinajstić information content (AvgIpc) is 2.43. The van der Waals surface area contributed by atoms with E-state index in [1.807, 2.05) is 0 Å². The van der Waals surface area contributed by atoms with Gasteiger partial charge in [0.1, 0.15) is 0 Å². The average molecular weight is 312 g/mol. The Morgan fingerprint density at radius 3 is 2.14 bits per heavy atom. The van der Waals surface area contributed by atoms with Crippen LogP contribution in [0.4, 0.5) is 14.5 Å². The molecule has 2 rings (SSSR count). The normalized spacial score (nSPS) is 11.1. The van der Waals surface area contributed by atoms with E-state index in [0.29, 0.717) is 0 Å². The Kier molecular flexibility index (Phi) is 3.90. The van der Waals surface area contributed by atoms with Gasteiger partial charge in [-0.3, -0.25) is 9.52 Å². The Labute approximate surface area is 119 Å². The van der Waals surface area contributed by atoms with Crippen LogP contribution < -0.4 is 10.5 Å². The van der Waals surface area contributed by atoms with Crippen LogP contribution in [0.3, 0.4) is 0 Å². The van der Waals surface area contributed by atoms with Crippen LogP contribution in [0.1, 0.15) is 10.4 Å². The van der Waals surface area contributed by atoms with E-state index in [-0.39, 0.29) is 16.1 Å². The summed E-state index contributed by atoms with van der Waals surface area (Å²) in [6, 6.07) is 7.50. The third-order valence-corrected chi connectivity index (χ3v) is 4.02. The zero-order valence-corrected chi connectivity index (χ0v) is 11.3. The van der Waals surface area contributed by atoms with E-state index in [9.17, 15) is 22.0 Å². The number of nitrogens with one attached hydrogen (secondary N) is 1. The summed E-state index contributed by atoms with van der Waals surface area (Å²) in [7, 11) is -3.98. The molecule has 21 heavy (non-hydrogen) atoms. The number of primary amides is 1. The number of hydrogen-bond donors (Lipinski definition) is 2. The maximum atomic E-state index is 13.0. The van der Waals surface area contributed by atoms with Crippen molar-refractivity contribution in [3.63, 3.8) is 0 Å². The van der Waals surface area contributed by atoms with Crippen LogP contribution in [-0.4, -0.2) is 14.3 Å². The lowest BCUT2D eigenvalue weighted by Gasteiger charge is -2.08. The van der Waals surface area contributed by atoms with Crippen molar-refractivity contribution in [2.24, 2.45) is 5.73 Å². The smallest absolute Gasteiger partial charge is 0.261 e. The maximum absolute atomic E-state index is 13.0. The third-order valence-electron chi connectivity index (χ3n) is 2.62. The number of carbonyl (C=O) groups is 1. The molecule has 110 valence electrons. The highest BCUT2D eigenvalue weighted by Gasteiger charge is 2.15. The molecule has 0 unspecified atom stereocenters. The number of halogens is 2. The van der Waals surface area contributed by atoms with Gasteiger partial charge < -0.3 is 5.73 Å². The van der Waals surface area contributed by atoms with Crippen molar-refractivity contribution in [3.8, 4) is 0 Å². The van der Waals surface area contributed by atoms with Gasteiger partial charge in [-0.15, -0.1) is 0 Å². The number of rotatable bonds is 4. The van der Waals surface area contributed by atoms with Crippen molar-refractivity contribution in [1.29, 1.82) is 0 Å². The van der Waals surface area contributed by atoms with Crippen molar-refractivity contribution in [2.45, 2.75) is 4.90 Å². The van der Waals surface area contributed by atoms with Crippen molar-refractivity contribution in [1.82, 2.24) is 0 Å². The molecule has 8 heteroatoms. The molecular formula is C13H10F2N2O3S. The van der Waals surface area contributed by atoms with Crippen LogP contribution in [-0.2, 0) is 10.0 Å². The third kappa shape index (κ3) is 3.34. The molecule has 0 aliphatic heterocycles. The Bertz CT molecular complexity index is 790. The summed E-state index contributed by atoms with van der Waals surface area (Å²) in [5, 5.41) is 0. The molecule has 0 aliphatic rings. The van der Waals surface area contributed by atoms with Crippen LogP contribution in [0.2, 0.25) is 0 Å². The van der Waals surface area contributed by atoms with Crippen LogP contribution in [0.15, 0.2) is 47.4 Å². The topological polar surface area (TPSA) is 89.3 Å². The number of carbonyl (C=O) groups excluding carboxylic acids is 1. The van der Waals surface area contributed by atoms with E-state index in [4.69, 9.17) is 5.73 Å². The first kappa shape index (κ1) is 14.9. The van der Waals surface area contributed by atoms with Gasteiger partial charge >= 0.3 is 0 Å². The lowest BCUT2D eigenvalue weighted by atomic mass is 10.2. The summed E-state index contributed by atoms with van der Waals surface area (Å²) in [5.74, 6) is -2.93. The minimum atomic E-state index is -3.98. The summed E-state index contributed by atoms with van der Waals surface area (Å²) in [5.41, 5.74) is 5.08. The van der Waals surface area contributed by atoms with Crippen molar-refractivity contribution >= 4 is 21.6 Å². The molecule has 0 fully saturated rings. The van der Waals surface area contributed by atoms with Crippen LogP contribution in [0.5, 0.6) is 0 Å². The fraction of sp³-hybridized carbons (Fsp3) is 0. The van der Waals surface area contributed by atoms with Gasteiger partial charge in [-0.05, 0) is 36.4 Å². The molecule has 2 aromatic carbocycles. The fourth-order valence-electron chi connectivity index (χ4n) is 1.57. The van der Waals surface area contributed by atoms with Crippen LogP contribution >= 0.6 is 0 Å². The number of nitrogens with two attached hydrogens (primary N) is 1. The van der Waals surface area contributed by atoms with Crippen LogP contribution in [0.25, 0.3) is 0 Å². The van der Waals surface area contributed by atoms with E-state index in [2.05, 4.69) is 4.72 Å². The first-order valence-corrected chi connectivity index (χ1v) is 7.15. The monoisotopic (exact) mass is 312 g/mol. The Morgan fingerprint density at radius 1 is 1.00 bits per heavy atom. The largest absolute Gasteiger partial charge is 0.366 e. The molecule has 0 radical (unpaired) electrons. The molecule has 3 N–H and O–H groups in total. The second-order valence-electron chi connectivity index (χ2n) is 4.12. The second-order valence-corrected chi connectivity index (χ2v) is 5.81. The van der Waals surface area contributed by atoms with Gasteiger partial charge in [-0.1, -0.05) is 0 Å². The van der Waals surface area contributed by atoms with E-state index >= 15 is 0 Å². The van der Waals surface area contributed by atoms with E-state index in [1.165, 1.54) is 24.3 Å². The predicted octanol–water partition coefficient (Wildman–Crippen LogP) is 1.86. The molecule has 0 aromatic heterocycles. The molecule has 0 saturated heterocycles. The van der Waals surface area contributed by atoms with E-state index in [0.717, 1.165) is 18.2 Å². The first-order valence-electron chi connectivity index (χ1n) is 5.67. The molecule has 0 spiro atoms. The highest BCUT2D eigenvalue weighted by atomic mass is 32.2. The number of benzene rings is 2. The molecule has 0 bridgehead atoms. The molecule has 1 amide bonds. The molecule has 0 atom stereocenters. The van der Waals surface area contributed by atoms with Gasteiger partial charge in [0, 0.05) is 11.6 Å². The molecule has 0 aliphatic carbocycles. The Balaban J connectivity index is 2.29. The fourth-order valence-corrected chi connectivity index (χ4v) is 2.62. The van der Waals surface area contributed by atoms with Gasteiger partial charge in [0.25, 0.3) is 10.0 Å². The summed E-state index contributed by atoms with van der Waals surface area (Å²) < 4.78 is 52.0. The highest BCUT2D eigenvalue weighted by Crippen LogP contribution is 2.18. The molecule has 0 heterocycles. The molecule has 5 nitrogen and oxygen atoms in total. The summed E-state index contributed by atoms with van der Waals surface area (Å²) in [6.07, 6.45) is 0. The van der Waals surface area contributed by atoms with Crippen molar-refractivity contribution in [3.05, 3.63) is 59.7 Å². The standard InChI is InChI=1S/C13H10F2N2O3S/c14-11-6-3-9(7-12(11)15)17-21(19,20)10-4-1-8(2-5-10)13(16)18/h1-7,17H,(H2,16,18). The maximum Gasteiger partial charge on any atom is 0.261 e. The minimum absolute atomic E-state index is 0.118. The van der Waals surface area contributed by atoms with Gasteiger partial charge in [-0.2, -0.15) is 0 Å². The van der Waals surface area contributed by atoms with Gasteiger partial charge in [0.15, 0.2) is 11.6 Å². The van der Waals surface area contributed by atoms with E-state index in [1.54, 1.807) is 0 Å². The lowest BCUT2D eigenvalue weighted by molar-refractivity contribution is 0.1000. The van der Waals surface area contributed by atoms with Gasteiger partial charge in [0.05, 0.1) is 10.6 Å². The number of hydrogen-bond acceptors (Lipinski definition) is 3. The zero-order valence-electron chi connectivity index (χ0n) is 10.5. The summed E-state index contributed by atoms with van der Waals surface area (Å²) >= 11 is 0. The summed E-state index contributed by atoms with van der Waals surface area (Å²) in [6.45, 7) is 0. The zero-order chi connectivity index (χ0) is 15.6. The lowest BCUT2D eigenvalue weighted by Crippen LogP contribution is -2.14. The number of sulfonamides is 1. The quantitative estimate of drug-likeness (QED) is 0.903. The van der Waals surface area contributed by atoms with Crippen molar-refractivity contribution in [2.75, 3.05) is 4.72 Å². The van der Waals surface area contributed by atoms with E-state index < -0.39 is 27.6 Å². The van der Waals surface area contributed by atoms with Gasteiger partial charge in [0.2, 0.25) is 5.91 Å². The Hall–Kier alpha value is -2.48. The van der Waals surface area contributed by atoms with Crippen molar-refractivity contribution < 1.29 is 22.0 Å². The number of anilines is 1. The molecule has 2 aromatic rings. The molecule has 0 saturated carbocycles. The SMILES string of the molecule is NC(=O)c1ccc(S(=O)(=O)Nc2ccc(F)c(F)c2)cc1. The predicted molar refractivity (Wildman–Crippen MR) is 72.1 cm³/mol. The van der Waals surface area contributed by atoms with Gasteiger partial charge in [-0.25, -0.2) is 17.2 Å². The highest BCUT2D eigenvalue weighted by molar-refractivity contribution is 7.92. The second kappa shape index (κ2) is 5.49. The van der Waals surface area contributed by atoms with Crippen LogP contribution in [0, 0.1) is 11.6 Å². The Morgan fingerprint density at radius 2 is 1.62 bits per heavy atom.